The maximum atomic E-state index is 11.1. The fraction of sp³-hybridized carbons (Fsp3) is 0.200. The Kier molecular flexibility index (Phi) is 4.55. The number of pyridine rings is 1. The molecule has 1 amide bonds. The van der Waals surface area contributed by atoms with Gasteiger partial charge in [0.1, 0.15) is 5.75 Å². The van der Waals surface area contributed by atoms with Gasteiger partial charge in [-0.25, -0.2) is 0 Å². The van der Waals surface area contributed by atoms with Gasteiger partial charge < -0.3 is 15.4 Å². The van der Waals surface area contributed by atoms with Gasteiger partial charge in [-0.15, -0.1) is 0 Å². The average Bonchev–Trinajstić information content (AvgIpc) is 2.46. The van der Waals surface area contributed by atoms with Crippen LogP contribution in [0.4, 0.5) is 11.4 Å². The van der Waals surface area contributed by atoms with Gasteiger partial charge in [-0.1, -0.05) is 0 Å². The van der Waals surface area contributed by atoms with Gasteiger partial charge in [0.15, 0.2) is 0 Å². The number of ether oxygens (including phenoxy) is 1. The minimum atomic E-state index is -0.124. The van der Waals surface area contributed by atoms with Crippen LogP contribution in [-0.2, 0) is 11.3 Å². The molecule has 0 radical (unpaired) electrons. The summed E-state index contributed by atoms with van der Waals surface area (Å²) in [4.78, 5) is 15.1. The van der Waals surface area contributed by atoms with Crippen LogP contribution < -0.4 is 15.4 Å². The first-order valence-electron chi connectivity index (χ1n) is 6.27. The SMILES string of the molecule is COc1cc(NCc2ccncc2)ccc1NC(C)=O. The summed E-state index contributed by atoms with van der Waals surface area (Å²) in [6.45, 7) is 2.17. The highest BCUT2D eigenvalue weighted by Gasteiger charge is 2.05. The zero-order chi connectivity index (χ0) is 14.4. The molecule has 0 fully saturated rings. The van der Waals surface area contributed by atoms with Gasteiger partial charge in [0, 0.05) is 37.6 Å². The van der Waals surface area contributed by atoms with E-state index in [1.54, 1.807) is 19.5 Å². The van der Waals surface area contributed by atoms with Crippen LogP contribution in [0.2, 0.25) is 0 Å². The first-order valence-corrected chi connectivity index (χ1v) is 6.27. The normalized spacial score (nSPS) is 9.90. The molecule has 0 aliphatic heterocycles. The Morgan fingerprint density at radius 2 is 2.00 bits per heavy atom. The van der Waals surface area contributed by atoms with Crippen LogP contribution in [0.3, 0.4) is 0 Å². The van der Waals surface area contributed by atoms with Gasteiger partial charge in [0.05, 0.1) is 12.8 Å². The van der Waals surface area contributed by atoms with Crippen molar-refractivity contribution in [1.82, 2.24) is 4.98 Å². The third kappa shape index (κ3) is 3.71. The van der Waals surface area contributed by atoms with Crippen molar-refractivity contribution in [2.75, 3.05) is 17.7 Å². The minimum Gasteiger partial charge on any atom is -0.494 e. The Morgan fingerprint density at radius 1 is 1.25 bits per heavy atom. The summed E-state index contributed by atoms with van der Waals surface area (Å²) in [5, 5.41) is 6.02. The highest BCUT2D eigenvalue weighted by Crippen LogP contribution is 2.28. The number of hydrogen-bond acceptors (Lipinski definition) is 4. The van der Waals surface area contributed by atoms with Crippen molar-refractivity contribution in [2.45, 2.75) is 13.5 Å². The number of rotatable bonds is 5. The van der Waals surface area contributed by atoms with E-state index < -0.39 is 0 Å². The van der Waals surface area contributed by atoms with Crippen LogP contribution in [0, 0.1) is 0 Å². The Hall–Kier alpha value is -2.56. The van der Waals surface area contributed by atoms with Crippen molar-refractivity contribution in [2.24, 2.45) is 0 Å². The number of nitrogens with one attached hydrogen (secondary N) is 2. The van der Waals surface area contributed by atoms with E-state index >= 15 is 0 Å². The number of nitrogens with zero attached hydrogens (tertiary/aromatic N) is 1. The standard InChI is InChI=1S/C15H17N3O2/c1-11(19)18-14-4-3-13(9-15(14)20-2)17-10-12-5-7-16-8-6-12/h3-9,17H,10H2,1-2H3,(H,18,19). The van der Waals surface area contributed by atoms with Crippen molar-refractivity contribution in [3.05, 3.63) is 48.3 Å². The van der Waals surface area contributed by atoms with Crippen LogP contribution in [0.1, 0.15) is 12.5 Å². The van der Waals surface area contributed by atoms with Gasteiger partial charge in [-0.2, -0.15) is 0 Å². The molecule has 1 heterocycles. The van der Waals surface area contributed by atoms with Gasteiger partial charge in [-0.05, 0) is 29.8 Å². The second kappa shape index (κ2) is 6.56. The topological polar surface area (TPSA) is 63.2 Å². The zero-order valence-electron chi connectivity index (χ0n) is 11.5. The molecule has 2 aromatic rings. The Morgan fingerprint density at radius 3 is 2.65 bits per heavy atom. The monoisotopic (exact) mass is 271 g/mol. The highest BCUT2D eigenvalue weighted by atomic mass is 16.5. The summed E-state index contributed by atoms with van der Waals surface area (Å²) in [6.07, 6.45) is 3.52. The summed E-state index contributed by atoms with van der Waals surface area (Å²) in [5.41, 5.74) is 2.73. The molecule has 0 aliphatic rings. The van der Waals surface area contributed by atoms with Crippen LogP contribution in [-0.4, -0.2) is 18.0 Å². The molecule has 0 unspecified atom stereocenters. The molecule has 0 saturated carbocycles. The maximum absolute atomic E-state index is 11.1. The van der Waals surface area contributed by atoms with Gasteiger partial charge in [-0.3, -0.25) is 9.78 Å². The van der Waals surface area contributed by atoms with Crippen molar-refractivity contribution in [3.63, 3.8) is 0 Å². The lowest BCUT2D eigenvalue weighted by atomic mass is 10.2. The van der Waals surface area contributed by atoms with Crippen LogP contribution in [0.25, 0.3) is 0 Å². The molecule has 0 saturated heterocycles. The average molecular weight is 271 g/mol. The molecule has 0 atom stereocenters. The molecule has 0 spiro atoms. The van der Waals surface area contributed by atoms with Crippen molar-refractivity contribution in [1.29, 1.82) is 0 Å². The molecular weight excluding hydrogens is 254 g/mol. The molecule has 0 bridgehead atoms. The van der Waals surface area contributed by atoms with E-state index in [2.05, 4.69) is 15.6 Å². The van der Waals surface area contributed by atoms with E-state index in [1.807, 2.05) is 30.3 Å². The predicted molar refractivity (Wildman–Crippen MR) is 78.9 cm³/mol. The van der Waals surface area contributed by atoms with Crippen molar-refractivity contribution < 1.29 is 9.53 Å². The van der Waals surface area contributed by atoms with Gasteiger partial charge >= 0.3 is 0 Å². The fourth-order valence-electron chi connectivity index (χ4n) is 1.80. The maximum Gasteiger partial charge on any atom is 0.221 e. The molecule has 2 N–H and O–H groups in total. The molecule has 5 nitrogen and oxygen atoms in total. The number of hydrogen-bond donors (Lipinski definition) is 2. The Labute approximate surface area is 118 Å². The van der Waals surface area contributed by atoms with E-state index in [1.165, 1.54) is 6.92 Å². The molecule has 2 rings (SSSR count). The molecule has 5 heteroatoms. The predicted octanol–water partition coefficient (Wildman–Crippen LogP) is 2.66. The minimum absolute atomic E-state index is 0.124. The fourth-order valence-corrected chi connectivity index (χ4v) is 1.80. The second-order valence-electron chi connectivity index (χ2n) is 4.31. The highest BCUT2D eigenvalue weighted by molar-refractivity contribution is 5.90. The van der Waals surface area contributed by atoms with Gasteiger partial charge in [0.25, 0.3) is 0 Å². The molecule has 1 aromatic carbocycles. The first kappa shape index (κ1) is 13.9. The van der Waals surface area contributed by atoms with Crippen LogP contribution in [0.15, 0.2) is 42.7 Å². The first-order chi connectivity index (χ1) is 9.69. The summed E-state index contributed by atoms with van der Waals surface area (Å²) < 4.78 is 5.27. The van der Waals surface area contributed by atoms with E-state index in [0.717, 1.165) is 11.3 Å². The number of benzene rings is 1. The third-order valence-corrected chi connectivity index (χ3v) is 2.76. The third-order valence-electron chi connectivity index (χ3n) is 2.76. The van der Waals surface area contributed by atoms with E-state index in [4.69, 9.17) is 4.74 Å². The number of aromatic nitrogens is 1. The zero-order valence-corrected chi connectivity index (χ0v) is 11.5. The van der Waals surface area contributed by atoms with E-state index in [-0.39, 0.29) is 5.91 Å². The molecule has 0 aliphatic carbocycles. The number of carbonyl (C=O) groups excluding carboxylic acids is 1. The summed E-state index contributed by atoms with van der Waals surface area (Å²) in [5.74, 6) is 0.501. The lowest BCUT2D eigenvalue weighted by Crippen LogP contribution is -2.07. The summed E-state index contributed by atoms with van der Waals surface area (Å²) >= 11 is 0. The van der Waals surface area contributed by atoms with Crippen molar-refractivity contribution >= 4 is 17.3 Å². The Balaban J connectivity index is 2.07. The molecule has 1 aromatic heterocycles. The smallest absolute Gasteiger partial charge is 0.221 e. The molecule has 104 valence electrons. The summed E-state index contributed by atoms with van der Waals surface area (Å²) in [6, 6.07) is 9.47. The molecular formula is C15H17N3O2. The second-order valence-corrected chi connectivity index (χ2v) is 4.31. The van der Waals surface area contributed by atoms with Crippen molar-refractivity contribution in [3.8, 4) is 5.75 Å². The largest absolute Gasteiger partial charge is 0.494 e. The van der Waals surface area contributed by atoms with Crippen LogP contribution >= 0.6 is 0 Å². The van der Waals surface area contributed by atoms with E-state index in [0.29, 0.717) is 18.0 Å². The quantitative estimate of drug-likeness (QED) is 0.877. The van der Waals surface area contributed by atoms with Gasteiger partial charge in [0.2, 0.25) is 5.91 Å². The molecule has 20 heavy (non-hydrogen) atoms. The lowest BCUT2D eigenvalue weighted by Gasteiger charge is -2.12. The lowest BCUT2D eigenvalue weighted by molar-refractivity contribution is -0.114. The number of methoxy groups -OCH3 is 1. The number of amides is 1. The Bertz CT molecular complexity index is 585. The number of anilines is 2. The summed E-state index contributed by atoms with van der Waals surface area (Å²) in [7, 11) is 1.58. The number of carbonyl (C=O) groups is 1. The van der Waals surface area contributed by atoms with Crippen LogP contribution in [0.5, 0.6) is 5.75 Å². The van der Waals surface area contributed by atoms with E-state index in [9.17, 15) is 4.79 Å².